The second-order valence-electron chi connectivity index (χ2n) is 6.64. The van der Waals surface area contributed by atoms with Crippen LogP contribution in [0.1, 0.15) is 66.7 Å². The topological polar surface area (TPSA) is 169 Å². The largest absolute Gasteiger partial charge is 0.478 e. The van der Waals surface area contributed by atoms with Gasteiger partial charge in [0.15, 0.2) is 18.3 Å². The van der Waals surface area contributed by atoms with E-state index in [4.69, 9.17) is 23.7 Å². The molecule has 0 aromatic rings. The van der Waals surface area contributed by atoms with E-state index in [1.165, 1.54) is 34.6 Å². The lowest BCUT2D eigenvalue weighted by atomic mass is 10.0. The molecule has 12 nitrogen and oxygen atoms in total. The molecule has 12 heteroatoms. The highest BCUT2D eigenvalue weighted by Crippen LogP contribution is 2.22. The number of aliphatic carboxylic acids is 1. The van der Waals surface area contributed by atoms with E-state index in [0.29, 0.717) is 0 Å². The molecule has 0 heterocycles. The first kappa shape index (κ1) is 29.8. The van der Waals surface area contributed by atoms with Crippen molar-refractivity contribution in [3.05, 3.63) is 0 Å². The lowest BCUT2D eigenvalue weighted by Crippen LogP contribution is -2.55. The minimum atomic E-state index is -2.10. The van der Waals surface area contributed by atoms with Crippen LogP contribution in [0.25, 0.3) is 0 Å². The second-order valence-corrected chi connectivity index (χ2v) is 6.64. The van der Waals surface area contributed by atoms with Gasteiger partial charge in [0, 0.05) is 32.1 Å². The van der Waals surface area contributed by atoms with Crippen LogP contribution in [0.15, 0.2) is 0 Å². The third-order valence-electron chi connectivity index (χ3n) is 4.16. The summed E-state index contributed by atoms with van der Waals surface area (Å²) >= 11 is 0. The summed E-state index contributed by atoms with van der Waals surface area (Å²) in [5, 5.41) is 9.68. The average Bonchev–Trinajstić information content (AvgIpc) is 2.81. The number of rotatable bonds is 15. The zero-order chi connectivity index (χ0) is 25.6. The van der Waals surface area contributed by atoms with Crippen LogP contribution in [-0.4, -0.2) is 71.9 Å². The monoisotopic (exact) mass is 476 g/mol. The fraction of sp³-hybridized carbons (Fsp3) is 0.714. The summed E-state index contributed by atoms with van der Waals surface area (Å²) in [6, 6.07) is 0. The van der Waals surface area contributed by atoms with Gasteiger partial charge in [-0.15, -0.1) is 0 Å². The summed E-state index contributed by atoms with van der Waals surface area (Å²) in [5.41, 5.74) is 0. The number of hydrogen-bond acceptors (Lipinski definition) is 11. The molecule has 1 N–H and O–H groups in total. The van der Waals surface area contributed by atoms with Crippen molar-refractivity contribution in [2.75, 3.05) is 6.61 Å². The average molecular weight is 476 g/mol. The number of carboxylic acid groups (broad SMARTS) is 1. The van der Waals surface area contributed by atoms with Gasteiger partial charge in [-0.1, -0.05) is 34.6 Å². The van der Waals surface area contributed by atoms with E-state index in [0.717, 1.165) is 0 Å². The van der Waals surface area contributed by atoms with Gasteiger partial charge < -0.3 is 28.8 Å². The molecule has 0 saturated carbocycles. The highest BCUT2D eigenvalue weighted by atomic mass is 16.6. The summed E-state index contributed by atoms with van der Waals surface area (Å²) in [4.78, 5) is 71.7. The highest BCUT2D eigenvalue weighted by molar-refractivity contribution is 5.79. The molecular weight excluding hydrogens is 444 g/mol. The Morgan fingerprint density at radius 3 is 1.39 bits per heavy atom. The van der Waals surface area contributed by atoms with Crippen LogP contribution in [0.5, 0.6) is 0 Å². The van der Waals surface area contributed by atoms with E-state index in [9.17, 15) is 33.9 Å². The number of ether oxygens (including phenoxy) is 5. The van der Waals surface area contributed by atoms with Crippen LogP contribution in [0.3, 0.4) is 0 Å². The maximum absolute atomic E-state index is 12.1. The van der Waals surface area contributed by atoms with E-state index >= 15 is 0 Å². The van der Waals surface area contributed by atoms with Crippen molar-refractivity contribution in [1.82, 2.24) is 0 Å². The normalized spacial score (nSPS) is 14.1. The zero-order valence-corrected chi connectivity index (χ0v) is 19.5. The maximum atomic E-state index is 12.1. The first-order valence-electron chi connectivity index (χ1n) is 10.7. The third kappa shape index (κ3) is 10.8. The lowest BCUT2D eigenvalue weighted by molar-refractivity contribution is -0.208. The Balaban J connectivity index is 6.50. The molecule has 188 valence electrons. The fourth-order valence-corrected chi connectivity index (χ4v) is 2.33. The van der Waals surface area contributed by atoms with Crippen molar-refractivity contribution < 1.29 is 57.6 Å². The van der Waals surface area contributed by atoms with E-state index in [-0.39, 0.29) is 32.1 Å². The molecule has 33 heavy (non-hydrogen) atoms. The van der Waals surface area contributed by atoms with Gasteiger partial charge in [0.2, 0.25) is 6.10 Å². The van der Waals surface area contributed by atoms with E-state index in [1.807, 2.05) is 0 Å². The first-order chi connectivity index (χ1) is 15.5. The van der Waals surface area contributed by atoms with Crippen molar-refractivity contribution in [1.29, 1.82) is 0 Å². The fourth-order valence-electron chi connectivity index (χ4n) is 2.33. The van der Waals surface area contributed by atoms with Gasteiger partial charge in [0.25, 0.3) is 0 Å². The predicted octanol–water partition coefficient (Wildman–Crippen LogP) is 1.31. The Hall–Kier alpha value is -3.18. The predicted molar refractivity (Wildman–Crippen MR) is 110 cm³/mol. The summed E-state index contributed by atoms with van der Waals surface area (Å²) in [7, 11) is 0. The Bertz CT molecular complexity index is 701. The zero-order valence-electron chi connectivity index (χ0n) is 19.5. The number of carboxylic acids is 1. The van der Waals surface area contributed by atoms with E-state index in [1.54, 1.807) is 0 Å². The van der Waals surface area contributed by atoms with Crippen LogP contribution in [-0.2, 0) is 52.5 Å². The van der Waals surface area contributed by atoms with Crippen molar-refractivity contribution >= 4 is 35.8 Å². The molecular formula is C21H32O12. The summed E-state index contributed by atoms with van der Waals surface area (Å²) in [6.45, 7) is 6.65. The van der Waals surface area contributed by atoms with Crippen molar-refractivity contribution in [3.63, 3.8) is 0 Å². The molecule has 0 aliphatic rings. The maximum Gasteiger partial charge on any atom is 0.349 e. The molecule has 0 radical (unpaired) electrons. The number of carbonyl (C=O) groups is 6. The van der Waals surface area contributed by atoms with Gasteiger partial charge in [-0.05, 0) is 0 Å². The molecule has 0 aliphatic carbocycles. The Kier molecular flexibility index (Phi) is 14.1. The first-order valence-corrected chi connectivity index (χ1v) is 10.7. The quantitative estimate of drug-likeness (QED) is 0.266. The minimum absolute atomic E-state index is 0.0199. The summed E-state index contributed by atoms with van der Waals surface area (Å²) in [5.74, 6) is -5.86. The molecule has 0 unspecified atom stereocenters. The lowest BCUT2D eigenvalue weighted by Gasteiger charge is -2.34. The summed E-state index contributed by atoms with van der Waals surface area (Å²) < 4.78 is 25.7. The van der Waals surface area contributed by atoms with Crippen molar-refractivity contribution in [2.45, 2.75) is 91.1 Å². The number of carbonyl (C=O) groups excluding carboxylic acids is 5. The second kappa shape index (κ2) is 15.6. The molecule has 0 bridgehead atoms. The van der Waals surface area contributed by atoms with Crippen molar-refractivity contribution in [3.8, 4) is 0 Å². The Labute approximate surface area is 191 Å². The SMILES string of the molecule is CCC(=O)OC[C@@H](OC(=O)CC)[C@@H](OC(=O)CC)[C@H](OC(=O)CC)[C@@H](OC(=O)CC)C(=O)O. The van der Waals surface area contributed by atoms with Crippen LogP contribution in [0, 0.1) is 0 Å². The van der Waals surface area contributed by atoms with Gasteiger partial charge in [0.1, 0.15) is 6.61 Å². The van der Waals surface area contributed by atoms with Gasteiger partial charge in [-0.25, -0.2) is 4.79 Å². The van der Waals surface area contributed by atoms with Crippen LogP contribution >= 0.6 is 0 Å². The highest BCUT2D eigenvalue weighted by Gasteiger charge is 2.47. The van der Waals surface area contributed by atoms with Gasteiger partial charge >= 0.3 is 35.8 Å². The molecule has 0 rings (SSSR count). The molecule has 0 amide bonds. The third-order valence-corrected chi connectivity index (χ3v) is 4.16. The standard InChI is InChI=1S/C21H32O12/c1-6-13(22)29-11-12(30-14(23)7-2)18(31-15(24)8-3)19(32-16(25)9-4)20(21(27)28)33-17(26)10-5/h12,18-20H,6-11H2,1-5H3,(H,27,28)/t12-,18-,19+,20-/m1/s1. The van der Waals surface area contributed by atoms with E-state index < -0.39 is 66.8 Å². The van der Waals surface area contributed by atoms with Crippen LogP contribution in [0.4, 0.5) is 0 Å². The van der Waals surface area contributed by atoms with Gasteiger partial charge in [-0.2, -0.15) is 0 Å². The number of hydrogen-bond donors (Lipinski definition) is 1. The van der Waals surface area contributed by atoms with Gasteiger partial charge in [-0.3, -0.25) is 24.0 Å². The van der Waals surface area contributed by atoms with Gasteiger partial charge in [0.05, 0.1) is 0 Å². The molecule has 0 aromatic carbocycles. The Morgan fingerprint density at radius 1 is 0.576 bits per heavy atom. The van der Waals surface area contributed by atoms with Crippen LogP contribution in [0.2, 0.25) is 0 Å². The summed E-state index contributed by atoms with van der Waals surface area (Å²) in [6.07, 6.45) is -8.01. The number of esters is 5. The molecule has 4 atom stereocenters. The molecule has 0 aliphatic heterocycles. The smallest absolute Gasteiger partial charge is 0.349 e. The van der Waals surface area contributed by atoms with E-state index in [2.05, 4.69) is 0 Å². The van der Waals surface area contributed by atoms with Crippen LogP contribution < -0.4 is 0 Å². The molecule has 0 fully saturated rings. The minimum Gasteiger partial charge on any atom is -0.478 e. The molecule has 0 saturated heterocycles. The van der Waals surface area contributed by atoms with Crippen molar-refractivity contribution in [2.24, 2.45) is 0 Å². The molecule has 0 aromatic heterocycles. The molecule has 0 spiro atoms. The Morgan fingerprint density at radius 2 is 0.970 bits per heavy atom.